The number of alkyl halides is 3. The maximum Gasteiger partial charge on any atom is 0.425 e. The third-order valence-electron chi connectivity index (χ3n) is 4.62. The number of imidazole rings is 1. The molecule has 0 spiro atoms. The van der Waals surface area contributed by atoms with Crippen molar-refractivity contribution in [2.24, 2.45) is 13.0 Å². The minimum absolute atomic E-state index is 0.0593. The lowest BCUT2D eigenvalue weighted by Gasteiger charge is -2.30. The molecule has 2 heterocycles. The number of ether oxygens (including phenoxy) is 1. The van der Waals surface area contributed by atoms with E-state index in [2.05, 4.69) is 10.3 Å². The van der Waals surface area contributed by atoms with E-state index in [0.29, 0.717) is 13.0 Å². The number of aromatic nitrogens is 2. The topological polar surface area (TPSA) is 76.4 Å². The summed E-state index contributed by atoms with van der Waals surface area (Å²) >= 11 is 0. The van der Waals surface area contributed by atoms with E-state index in [4.69, 9.17) is 4.74 Å². The van der Waals surface area contributed by atoms with Gasteiger partial charge in [0.2, 0.25) is 11.5 Å². The summed E-state index contributed by atoms with van der Waals surface area (Å²) in [5, 5.41) is 12.7. The molecule has 2 atom stereocenters. The molecule has 1 aromatic heterocycles. The lowest BCUT2D eigenvalue weighted by atomic mass is 9.95. The van der Waals surface area contributed by atoms with Crippen molar-refractivity contribution in [2.75, 3.05) is 13.2 Å². The van der Waals surface area contributed by atoms with Crippen LogP contribution in [0.15, 0.2) is 36.7 Å². The van der Waals surface area contributed by atoms with Gasteiger partial charge in [-0.1, -0.05) is 18.2 Å². The van der Waals surface area contributed by atoms with E-state index in [1.54, 1.807) is 0 Å². The molecule has 0 aliphatic carbocycles. The number of fused-ring (bicyclic) bond motifs is 1. The molecule has 1 aliphatic rings. The van der Waals surface area contributed by atoms with Crippen molar-refractivity contribution in [1.82, 2.24) is 14.9 Å². The molecule has 2 aromatic rings. The van der Waals surface area contributed by atoms with Crippen LogP contribution in [-0.4, -0.2) is 39.9 Å². The summed E-state index contributed by atoms with van der Waals surface area (Å²) in [5.41, 5.74) is -2.37. The van der Waals surface area contributed by atoms with Crippen LogP contribution in [0.3, 0.4) is 0 Å². The molecule has 0 bridgehead atoms. The van der Waals surface area contributed by atoms with Gasteiger partial charge in [-0.15, -0.1) is 0 Å². The SMILES string of the molecule is Cn1ccnc1C(O)(CC(=O)NCC1COc2ccccc2C1)C(F)(F)F. The van der Waals surface area contributed by atoms with Crippen molar-refractivity contribution >= 4 is 5.91 Å². The third kappa shape index (κ3) is 3.92. The highest BCUT2D eigenvalue weighted by molar-refractivity contribution is 5.77. The number of benzene rings is 1. The molecule has 1 amide bonds. The number of aliphatic hydroxyl groups is 1. The van der Waals surface area contributed by atoms with E-state index in [9.17, 15) is 23.1 Å². The number of para-hydroxylation sites is 1. The monoisotopic (exact) mass is 383 g/mol. The number of nitrogens with one attached hydrogen (secondary N) is 1. The maximum atomic E-state index is 13.5. The Bertz CT molecular complexity index is 821. The van der Waals surface area contributed by atoms with Gasteiger partial charge in [-0.3, -0.25) is 4.79 Å². The van der Waals surface area contributed by atoms with Gasteiger partial charge in [0.05, 0.1) is 13.0 Å². The molecule has 3 rings (SSSR count). The summed E-state index contributed by atoms with van der Waals surface area (Å²) in [5.74, 6) is -0.811. The first kappa shape index (κ1) is 19.2. The largest absolute Gasteiger partial charge is 0.493 e. The number of carbonyl (C=O) groups is 1. The zero-order valence-corrected chi connectivity index (χ0v) is 14.7. The highest BCUT2D eigenvalue weighted by Gasteiger charge is 2.58. The van der Waals surface area contributed by atoms with E-state index in [0.717, 1.165) is 22.1 Å². The Kier molecular flexibility index (Phi) is 5.14. The molecule has 0 saturated carbocycles. The quantitative estimate of drug-likeness (QED) is 0.827. The second-order valence-corrected chi connectivity index (χ2v) is 6.69. The van der Waals surface area contributed by atoms with Crippen LogP contribution in [0.4, 0.5) is 13.2 Å². The minimum atomic E-state index is -5.05. The summed E-state index contributed by atoms with van der Waals surface area (Å²) in [6.45, 7) is 0.516. The van der Waals surface area contributed by atoms with Crippen LogP contribution >= 0.6 is 0 Å². The number of halogens is 3. The van der Waals surface area contributed by atoms with Gasteiger partial charge in [0.15, 0.2) is 5.82 Å². The Morgan fingerprint density at radius 3 is 2.81 bits per heavy atom. The van der Waals surface area contributed by atoms with E-state index in [1.807, 2.05) is 24.3 Å². The van der Waals surface area contributed by atoms with Crippen LogP contribution in [0.2, 0.25) is 0 Å². The van der Waals surface area contributed by atoms with Gasteiger partial charge in [0.1, 0.15) is 5.75 Å². The van der Waals surface area contributed by atoms with E-state index < -0.39 is 29.9 Å². The van der Waals surface area contributed by atoms with Gasteiger partial charge in [-0.25, -0.2) is 4.98 Å². The van der Waals surface area contributed by atoms with E-state index in [-0.39, 0.29) is 12.5 Å². The first-order valence-corrected chi connectivity index (χ1v) is 8.45. The smallest absolute Gasteiger partial charge is 0.425 e. The molecule has 1 aliphatic heterocycles. The predicted molar refractivity (Wildman–Crippen MR) is 89.9 cm³/mol. The molecule has 27 heavy (non-hydrogen) atoms. The maximum absolute atomic E-state index is 13.5. The Morgan fingerprint density at radius 1 is 1.41 bits per heavy atom. The number of amides is 1. The summed E-state index contributed by atoms with van der Waals surface area (Å²) in [4.78, 5) is 15.7. The molecular formula is C18H20F3N3O3. The second-order valence-electron chi connectivity index (χ2n) is 6.69. The van der Waals surface area contributed by atoms with E-state index in [1.165, 1.54) is 13.2 Å². The van der Waals surface area contributed by atoms with Crippen LogP contribution in [0.25, 0.3) is 0 Å². The fourth-order valence-corrected chi connectivity index (χ4v) is 3.15. The summed E-state index contributed by atoms with van der Waals surface area (Å²) in [7, 11) is 1.33. The van der Waals surface area contributed by atoms with Crippen molar-refractivity contribution in [2.45, 2.75) is 24.6 Å². The molecule has 9 heteroatoms. The summed E-state index contributed by atoms with van der Waals surface area (Å²) < 4.78 is 47.0. The van der Waals surface area contributed by atoms with Crippen LogP contribution in [-0.2, 0) is 23.9 Å². The van der Waals surface area contributed by atoms with Crippen molar-refractivity contribution in [3.63, 3.8) is 0 Å². The first-order chi connectivity index (χ1) is 12.7. The molecule has 0 saturated heterocycles. The number of nitrogens with zero attached hydrogens (tertiary/aromatic N) is 2. The minimum Gasteiger partial charge on any atom is -0.493 e. The lowest BCUT2D eigenvalue weighted by molar-refractivity contribution is -0.271. The Morgan fingerprint density at radius 2 is 2.15 bits per heavy atom. The number of aryl methyl sites for hydroxylation is 1. The van der Waals surface area contributed by atoms with Crippen LogP contribution in [0.1, 0.15) is 17.8 Å². The molecule has 2 unspecified atom stereocenters. The second kappa shape index (κ2) is 7.22. The molecular weight excluding hydrogens is 363 g/mol. The Hall–Kier alpha value is -2.55. The van der Waals surface area contributed by atoms with Crippen molar-refractivity contribution in [3.05, 3.63) is 48.0 Å². The average molecular weight is 383 g/mol. The van der Waals surface area contributed by atoms with Gasteiger partial charge >= 0.3 is 6.18 Å². The van der Waals surface area contributed by atoms with Gasteiger partial charge in [-0.2, -0.15) is 13.2 Å². The molecule has 6 nitrogen and oxygen atoms in total. The first-order valence-electron chi connectivity index (χ1n) is 8.45. The van der Waals surface area contributed by atoms with Crippen molar-refractivity contribution < 1.29 is 27.8 Å². The van der Waals surface area contributed by atoms with Crippen LogP contribution in [0.5, 0.6) is 5.75 Å². The fourth-order valence-electron chi connectivity index (χ4n) is 3.15. The highest BCUT2D eigenvalue weighted by Crippen LogP contribution is 2.40. The molecule has 1 aromatic carbocycles. The summed E-state index contributed by atoms with van der Waals surface area (Å²) in [6, 6.07) is 7.49. The van der Waals surface area contributed by atoms with Crippen LogP contribution in [0, 0.1) is 5.92 Å². The van der Waals surface area contributed by atoms with Crippen molar-refractivity contribution in [3.8, 4) is 5.75 Å². The standard InChI is InChI=1S/C18H20F3N3O3/c1-24-7-6-22-16(24)17(26,18(19,20)21)9-15(25)23-10-12-8-13-4-2-3-5-14(13)27-11-12/h2-7,12,26H,8-11H2,1H3,(H,23,25). The normalized spacial score (nSPS) is 18.9. The lowest BCUT2D eigenvalue weighted by Crippen LogP contribution is -2.48. The highest BCUT2D eigenvalue weighted by atomic mass is 19.4. The zero-order valence-electron chi connectivity index (χ0n) is 14.7. The van der Waals surface area contributed by atoms with Gasteiger partial charge in [-0.05, 0) is 18.1 Å². The Labute approximate surface area is 154 Å². The third-order valence-corrected chi connectivity index (χ3v) is 4.62. The van der Waals surface area contributed by atoms with Crippen LogP contribution < -0.4 is 10.1 Å². The number of rotatable bonds is 5. The van der Waals surface area contributed by atoms with Gasteiger partial charge in [0, 0.05) is 31.9 Å². The number of hydrogen-bond donors (Lipinski definition) is 2. The average Bonchev–Trinajstić information content (AvgIpc) is 3.05. The molecule has 0 radical (unpaired) electrons. The molecule has 0 fully saturated rings. The number of hydrogen-bond acceptors (Lipinski definition) is 4. The van der Waals surface area contributed by atoms with Gasteiger partial charge in [0.25, 0.3) is 0 Å². The fraction of sp³-hybridized carbons (Fsp3) is 0.444. The predicted octanol–water partition coefficient (Wildman–Crippen LogP) is 1.93. The van der Waals surface area contributed by atoms with Crippen molar-refractivity contribution in [1.29, 1.82) is 0 Å². The zero-order chi connectivity index (χ0) is 19.7. The molecule has 2 N–H and O–H groups in total. The summed E-state index contributed by atoms with van der Waals surface area (Å²) in [6.07, 6.45) is -3.14. The number of carbonyl (C=O) groups excluding carboxylic acids is 1. The molecule has 146 valence electrons. The Balaban J connectivity index is 1.63. The van der Waals surface area contributed by atoms with Gasteiger partial charge < -0.3 is 19.7 Å². The van der Waals surface area contributed by atoms with E-state index >= 15 is 0 Å².